The van der Waals surface area contributed by atoms with Crippen molar-refractivity contribution in [2.24, 2.45) is 0 Å². The number of hydrogen-bond donors (Lipinski definition) is 1. The molecule has 120 valence electrons. The van der Waals surface area contributed by atoms with E-state index in [9.17, 15) is 13.2 Å². The summed E-state index contributed by atoms with van der Waals surface area (Å²) < 4.78 is 45.7. The van der Waals surface area contributed by atoms with Crippen LogP contribution >= 0.6 is 11.6 Å². The lowest BCUT2D eigenvalue weighted by atomic mass is 10.2. The van der Waals surface area contributed by atoms with E-state index in [0.29, 0.717) is 23.7 Å². The van der Waals surface area contributed by atoms with Crippen LogP contribution in [0.4, 0.5) is 13.2 Å². The van der Waals surface area contributed by atoms with Gasteiger partial charge in [0.2, 0.25) is 0 Å². The summed E-state index contributed by atoms with van der Waals surface area (Å²) in [6, 6.07) is 5.44. The first-order valence-electron chi connectivity index (χ1n) is 6.69. The van der Waals surface area contributed by atoms with Crippen molar-refractivity contribution in [3.63, 3.8) is 0 Å². The number of para-hydroxylation sites is 1. The van der Waals surface area contributed by atoms with Crippen LogP contribution in [0.2, 0.25) is 5.02 Å². The van der Waals surface area contributed by atoms with Crippen LogP contribution in [0.5, 0.6) is 5.75 Å². The fourth-order valence-corrected chi connectivity index (χ4v) is 1.89. The molecule has 0 spiro atoms. The second-order valence-corrected chi connectivity index (χ2v) is 4.79. The van der Waals surface area contributed by atoms with E-state index < -0.39 is 12.8 Å². The van der Waals surface area contributed by atoms with Crippen LogP contribution in [-0.2, 0) is 11.3 Å². The molecule has 0 bridgehead atoms. The Bertz CT molecular complexity index is 427. The molecule has 0 saturated carbocycles. The highest BCUT2D eigenvalue weighted by atomic mass is 35.5. The Balaban J connectivity index is 2.37. The van der Waals surface area contributed by atoms with Crippen LogP contribution in [0.3, 0.4) is 0 Å². The third-order valence-corrected chi connectivity index (χ3v) is 2.86. The lowest BCUT2D eigenvalue weighted by Gasteiger charge is -2.13. The number of rotatable bonds is 9. The van der Waals surface area contributed by atoms with Gasteiger partial charge in [0.25, 0.3) is 0 Å². The molecule has 0 amide bonds. The first kappa shape index (κ1) is 18.1. The van der Waals surface area contributed by atoms with E-state index >= 15 is 0 Å². The summed E-state index contributed by atoms with van der Waals surface area (Å²) >= 11 is 6.08. The highest BCUT2D eigenvalue weighted by molar-refractivity contribution is 6.32. The van der Waals surface area contributed by atoms with E-state index in [0.717, 1.165) is 12.1 Å². The van der Waals surface area contributed by atoms with Crippen molar-refractivity contribution < 1.29 is 22.6 Å². The summed E-state index contributed by atoms with van der Waals surface area (Å²) in [5.41, 5.74) is 0.917. The van der Waals surface area contributed by atoms with Gasteiger partial charge in [-0.05, 0) is 12.6 Å². The Kier molecular flexibility index (Phi) is 7.85. The topological polar surface area (TPSA) is 30.5 Å². The summed E-state index contributed by atoms with van der Waals surface area (Å²) in [6.45, 7) is 2.44. The largest absolute Gasteiger partial charge is 0.492 e. The number of ether oxygens (including phenoxy) is 2. The van der Waals surface area contributed by atoms with E-state index in [1.165, 1.54) is 0 Å². The molecule has 0 heterocycles. The molecule has 0 aliphatic heterocycles. The quantitative estimate of drug-likeness (QED) is 0.701. The minimum Gasteiger partial charge on any atom is -0.492 e. The van der Waals surface area contributed by atoms with Gasteiger partial charge < -0.3 is 14.8 Å². The standard InChI is InChI=1S/C14H19ClF3NO2/c1-2-19-9-11-5-3-6-12(15)13(11)21-8-4-7-20-10-14(16,17)18/h3,5-6,19H,2,4,7-10H2,1H3. The normalized spacial score (nSPS) is 11.7. The zero-order valence-electron chi connectivity index (χ0n) is 11.8. The van der Waals surface area contributed by atoms with Crippen molar-refractivity contribution in [3.8, 4) is 5.75 Å². The second kappa shape index (κ2) is 9.12. The van der Waals surface area contributed by atoms with Crippen molar-refractivity contribution in [1.29, 1.82) is 0 Å². The van der Waals surface area contributed by atoms with Gasteiger partial charge in [-0.3, -0.25) is 0 Å². The lowest BCUT2D eigenvalue weighted by Crippen LogP contribution is -2.18. The Labute approximate surface area is 127 Å². The van der Waals surface area contributed by atoms with Crippen LogP contribution in [0.15, 0.2) is 18.2 Å². The average Bonchev–Trinajstić information content (AvgIpc) is 2.41. The van der Waals surface area contributed by atoms with Gasteiger partial charge >= 0.3 is 6.18 Å². The zero-order valence-corrected chi connectivity index (χ0v) is 12.6. The summed E-state index contributed by atoms with van der Waals surface area (Å²) in [7, 11) is 0. The van der Waals surface area contributed by atoms with Gasteiger partial charge in [0.05, 0.1) is 18.2 Å². The van der Waals surface area contributed by atoms with Crippen molar-refractivity contribution in [3.05, 3.63) is 28.8 Å². The Morgan fingerprint density at radius 1 is 1.24 bits per heavy atom. The predicted molar refractivity (Wildman–Crippen MR) is 75.8 cm³/mol. The lowest BCUT2D eigenvalue weighted by molar-refractivity contribution is -0.174. The van der Waals surface area contributed by atoms with E-state index in [1.807, 2.05) is 19.1 Å². The summed E-state index contributed by atoms with van der Waals surface area (Å²) in [6.07, 6.45) is -3.93. The summed E-state index contributed by atoms with van der Waals surface area (Å²) in [5, 5.41) is 3.66. The highest BCUT2D eigenvalue weighted by Gasteiger charge is 2.27. The number of halogens is 4. The summed E-state index contributed by atoms with van der Waals surface area (Å²) in [4.78, 5) is 0. The van der Waals surface area contributed by atoms with Gasteiger partial charge in [-0.15, -0.1) is 0 Å². The number of alkyl halides is 3. The minimum absolute atomic E-state index is 0.00743. The SMILES string of the molecule is CCNCc1cccc(Cl)c1OCCCOCC(F)(F)F. The van der Waals surface area contributed by atoms with Crippen molar-refractivity contribution >= 4 is 11.6 Å². The number of hydrogen-bond acceptors (Lipinski definition) is 3. The first-order chi connectivity index (χ1) is 9.94. The second-order valence-electron chi connectivity index (χ2n) is 4.38. The molecular formula is C14H19ClF3NO2. The molecule has 21 heavy (non-hydrogen) atoms. The van der Waals surface area contributed by atoms with E-state index in [2.05, 4.69) is 10.1 Å². The molecular weight excluding hydrogens is 307 g/mol. The average molecular weight is 326 g/mol. The maximum atomic E-state index is 11.9. The molecule has 0 saturated heterocycles. The van der Waals surface area contributed by atoms with Gasteiger partial charge in [-0.2, -0.15) is 13.2 Å². The third-order valence-electron chi connectivity index (χ3n) is 2.56. The molecule has 0 atom stereocenters. The number of benzene rings is 1. The van der Waals surface area contributed by atoms with Crippen molar-refractivity contribution in [2.45, 2.75) is 26.1 Å². The van der Waals surface area contributed by atoms with Gasteiger partial charge in [0.15, 0.2) is 0 Å². The predicted octanol–water partition coefficient (Wildman–Crippen LogP) is 3.80. The van der Waals surface area contributed by atoms with Crippen LogP contribution in [0, 0.1) is 0 Å². The molecule has 1 aromatic rings. The molecule has 0 radical (unpaired) electrons. The maximum absolute atomic E-state index is 11.9. The highest BCUT2D eigenvalue weighted by Crippen LogP contribution is 2.28. The first-order valence-corrected chi connectivity index (χ1v) is 7.07. The molecule has 0 unspecified atom stereocenters. The van der Waals surface area contributed by atoms with Gasteiger partial charge in [0, 0.05) is 18.5 Å². The van der Waals surface area contributed by atoms with E-state index in [-0.39, 0.29) is 13.2 Å². The summed E-state index contributed by atoms with van der Waals surface area (Å²) in [5.74, 6) is 0.566. The van der Waals surface area contributed by atoms with Crippen molar-refractivity contribution in [2.75, 3.05) is 26.4 Å². The molecule has 1 aromatic carbocycles. The smallest absolute Gasteiger partial charge is 0.411 e. The third kappa shape index (κ3) is 7.55. The minimum atomic E-state index is -4.29. The molecule has 0 aliphatic carbocycles. The van der Waals surface area contributed by atoms with Gasteiger partial charge in [0.1, 0.15) is 12.4 Å². The number of nitrogens with one attached hydrogen (secondary N) is 1. The van der Waals surface area contributed by atoms with Crippen molar-refractivity contribution in [1.82, 2.24) is 5.32 Å². The fourth-order valence-electron chi connectivity index (χ4n) is 1.64. The Hall–Kier alpha value is -0.980. The molecule has 1 rings (SSSR count). The Morgan fingerprint density at radius 3 is 2.67 bits per heavy atom. The monoisotopic (exact) mass is 325 g/mol. The zero-order chi connectivity index (χ0) is 15.7. The maximum Gasteiger partial charge on any atom is 0.411 e. The molecule has 0 fully saturated rings. The Morgan fingerprint density at radius 2 is 2.00 bits per heavy atom. The van der Waals surface area contributed by atoms with E-state index in [1.54, 1.807) is 6.07 Å². The van der Waals surface area contributed by atoms with Crippen LogP contribution in [0.1, 0.15) is 18.9 Å². The van der Waals surface area contributed by atoms with Gasteiger partial charge in [-0.1, -0.05) is 30.7 Å². The molecule has 7 heteroatoms. The van der Waals surface area contributed by atoms with Gasteiger partial charge in [-0.25, -0.2) is 0 Å². The molecule has 0 aliphatic rings. The molecule has 0 aromatic heterocycles. The van der Waals surface area contributed by atoms with E-state index in [4.69, 9.17) is 16.3 Å². The van der Waals surface area contributed by atoms with Crippen LogP contribution in [0.25, 0.3) is 0 Å². The fraction of sp³-hybridized carbons (Fsp3) is 0.571. The molecule has 3 nitrogen and oxygen atoms in total. The molecule has 1 N–H and O–H groups in total. The van der Waals surface area contributed by atoms with Crippen LogP contribution in [-0.4, -0.2) is 32.5 Å². The van der Waals surface area contributed by atoms with Crippen LogP contribution < -0.4 is 10.1 Å².